The standard InChI is InChI=1S/C22H42N6O6/c1-12(2)10-16(22(33)34)27-17(29)11-25-20(31)15(8-6-7-9-23)28-19(30)14(5)26-21(32)18(24)13(3)4/h12-16,18H,6-11,23-24H2,1-5H3,(H,25,31)(H,26,32)(H,27,29)(H,28,30)(H,33,34)/t14-,15-,16-,18-/m0/s1. The van der Waals surface area contributed by atoms with Crippen LogP contribution in [0, 0.1) is 11.8 Å². The quantitative estimate of drug-likeness (QED) is 0.132. The molecule has 0 aromatic heterocycles. The fourth-order valence-corrected chi connectivity index (χ4v) is 2.97. The van der Waals surface area contributed by atoms with Crippen molar-refractivity contribution < 1.29 is 29.1 Å². The molecule has 0 aliphatic carbocycles. The molecule has 0 unspecified atom stereocenters. The third-order valence-electron chi connectivity index (χ3n) is 5.12. The number of hydrogen-bond donors (Lipinski definition) is 7. The highest BCUT2D eigenvalue weighted by Crippen LogP contribution is 2.05. The highest BCUT2D eigenvalue weighted by Gasteiger charge is 2.27. The topological polar surface area (TPSA) is 206 Å². The normalized spacial score (nSPS) is 14.6. The zero-order valence-electron chi connectivity index (χ0n) is 20.8. The van der Waals surface area contributed by atoms with Gasteiger partial charge < -0.3 is 37.8 Å². The van der Waals surface area contributed by atoms with Crippen LogP contribution in [0.3, 0.4) is 0 Å². The fraction of sp³-hybridized carbons (Fsp3) is 0.773. The molecular weight excluding hydrogens is 444 g/mol. The number of nitrogens with one attached hydrogen (secondary N) is 4. The van der Waals surface area contributed by atoms with Gasteiger partial charge in [0.05, 0.1) is 12.6 Å². The largest absolute Gasteiger partial charge is 0.480 e. The molecule has 9 N–H and O–H groups in total. The van der Waals surface area contributed by atoms with Crippen LogP contribution in [0.5, 0.6) is 0 Å². The van der Waals surface area contributed by atoms with Gasteiger partial charge in [-0.25, -0.2) is 4.79 Å². The molecular formula is C22H42N6O6. The molecule has 4 amide bonds. The van der Waals surface area contributed by atoms with Crippen LogP contribution in [0.15, 0.2) is 0 Å². The van der Waals surface area contributed by atoms with Gasteiger partial charge in [-0.15, -0.1) is 0 Å². The van der Waals surface area contributed by atoms with Crippen molar-refractivity contribution >= 4 is 29.6 Å². The van der Waals surface area contributed by atoms with E-state index in [9.17, 15) is 29.1 Å². The van der Waals surface area contributed by atoms with E-state index in [1.807, 2.05) is 13.8 Å². The maximum atomic E-state index is 12.7. The van der Waals surface area contributed by atoms with E-state index >= 15 is 0 Å². The Morgan fingerprint density at radius 2 is 1.44 bits per heavy atom. The van der Waals surface area contributed by atoms with E-state index in [-0.39, 0.29) is 24.7 Å². The number of aliphatic carboxylic acids is 1. The van der Waals surface area contributed by atoms with Gasteiger partial charge in [-0.1, -0.05) is 27.7 Å². The third kappa shape index (κ3) is 12.5. The van der Waals surface area contributed by atoms with Crippen LogP contribution in [-0.4, -0.2) is 72.0 Å². The molecule has 0 saturated carbocycles. The molecule has 0 rings (SSSR count). The summed E-state index contributed by atoms with van der Waals surface area (Å²) >= 11 is 0. The number of amides is 4. The summed E-state index contributed by atoms with van der Waals surface area (Å²) in [7, 11) is 0. The summed E-state index contributed by atoms with van der Waals surface area (Å²) < 4.78 is 0. The molecule has 0 aliphatic rings. The molecule has 0 aliphatic heterocycles. The number of nitrogens with two attached hydrogens (primary N) is 2. The molecule has 0 fully saturated rings. The zero-order chi connectivity index (χ0) is 26.4. The summed E-state index contributed by atoms with van der Waals surface area (Å²) in [5, 5.41) is 19.2. The molecule has 0 bridgehead atoms. The number of carboxylic acid groups (broad SMARTS) is 1. The maximum absolute atomic E-state index is 12.7. The average Bonchev–Trinajstić information content (AvgIpc) is 2.75. The fourth-order valence-electron chi connectivity index (χ4n) is 2.97. The Morgan fingerprint density at radius 1 is 0.824 bits per heavy atom. The predicted molar refractivity (Wildman–Crippen MR) is 127 cm³/mol. The average molecular weight is 487 g/mol. The molecule has 0 aromatic rings. The van der Waals surface area contributed by atoms with Crippen molar-refractivity contribution in [1.29, 1.82) is 0 Å². The Balaban J connectivity index is 5.01. The lowest BCUT2D eigenvalue weighted by atomic mass is 10.0. The lowest BCUT2D eigenvalue weighted by molar-refractivity contribution is -0.142. The summed E-state index contributed by atoms with van der Waals surface area (Å²) in [6.07, 6.45) is 1.70. The highest BCUT2D eigenvalue weighted by molar-refractivity contribution is 5.94. The van der Waals surface area contributed by atoms with Crippen LogP contribution in [0.2, 0.25) is 0 Å². The van der Waals surface area contributed by atoms with E-state index in [1.54, 1.807) is 13.8 Å². The molecule has 0 radical (unpaired) electrons. The maximum Gasteiger partial charge on any atom is 0.326 e. The smallest absolute Gasteiger partial charge is 0.326 e. The Kier molecular flexibility index (Phi) is 14.7. The summed E-state index contributed by atoms with van der Waals surface area (Å²) in [5.41, 5.74) is 11.3. The van der Waals surface area contributed by atoms with Gasteiger partial charge in [-0.05, 0) is 51.0 Å². The summed E-state index contributed by atoms with van der Waals surface area (Å²) in [6, 6.07) is -3.73. The first-order valence-corrected chi connectivity index (χ1v) is 11.7. The van der Waals surface area contributed by atoms with Crippen LogP contribution in [0.25, 0.3) is 0 Å². The van der Waals surface area contributed by atoms with Gasteiger partial charge in [0.2, 0.25) is 23.6 Å². The molecule has 34 heavy (non-hydrogen) atoms. The van der Waals surface area contributed by atoms with Crippen LogP contribution >= 0.6 is 0 Å². The zero-order valence-corrected chi connectivity index (χ0v) is 20.8. The van der Waals surface area contributed by atoms with Gasteiger partial charge in [0, 0.05) is 0 Å². The van der Waals surface area contributed by atoms with Gasteiger partial charge in [0.1, 0.15) is 18.1 Å². The van der Waals surface area contributed by atoms with Gasteiger partial charge >= 0.3 is 5.97 Å². The molecule has 4 atom stereocenters. The van der Waals surface area contributed by atoms with Crippen molar-refractivity contribution in [3.8, 4) is 0 Å². The first-order chi connectivity index (χ1) is 15.8. The second-order valence-corrected chi connectivity index (χ2v) is 9.15. The van der Waals surface area contributed by atoms with Gasteiger partial charge in [-0.2, -0.15) is 0 Å². The Hall–Kier alpha value is -2.73. The Labute approximate surface area is 201 Å². The van der Waals surface area contributed by atoms with E-state index in [0.717, 1.165) is 0 Å². The number of rotatable bonds is 16. The Morgan fingerprint density at radius 3 is 1.94 bits per heavy atom. The molecule has 0 heterocycles. The number of carbonyl (C=O) groups is 5. The molecule has 196 valence electrons. The molecule has 0 saturated heterocycles. The summed E-state index contributed by atoms with van der Waals surface area (Å²) in [5.74, 6) is -3.54. The van der Waals surface area contributed by atoms with Crippen LogP contribution < -0.4 is 32.7 Å². The monoisotopic (exact) mass is 486 g/mol. The summed E-state index contributed by atoms with van der Waals surface area (Å²) in [6.45, 7) is 8.67. The van der Waals surface area contributed by atoms with Gasteiger partial charge in [0.25, 0.3) is 0 Å². The van der Waals surface area contributed by atoms with Crippen molar-refractivity contribution in [2.24, 2.45) is 23.3 Å². The van der Waals surface area contributed by atoms with E-state index < -0.39 is 60.3 Å². The van der Waals surface area contributed by atoms with E-state index in [2.05, 4.69) is 21.3 Å². The predicted octanol–water partition coefficient (Wildman–Crippen LogP) is -1.18. The second-order valence-electron chi connectivity index (χ2n) is 9.15. The van der Waals surface area contributed by atoms with Crippen molar-refractivity contribution in [3.63, 3.8) is 0 Å². The number of unbranched alkanes of at least 4 members (excludes halogenated alkanes) is 1. The minimum atomic E-state index is -1.16. The second kappa shape index (κ2) is 16.0. The van der Waals surface area contributed by atoms with E-state index in [4.69, 9.17) is 11.5 Å². The van der Waals surface area contributed by atoms with Crippen LogP contribution in [0.4, 0.5) is 0 Å². The molecule has 12 nitrogen and oxygen atoms in total. The summed E-state index contributed by atoms with van der Waals surface area (Å²) in [4.78, 5) is 60.8. The number of hydrogen-bond acceptors (Lipinski definition) is 7. The van der Waals surface area contributed by atoms with Crippen molar-refractivity contribution in [1.82, 2.24) is 21.3 Å². The van der Waals surface area contributed by atoms with Crippen LogP contribution in [0.1, 0.15) is 60.3 Å². The van der Waals surface area contributed by atoms with Crippen molar-refractivity contribution in [2.75, 3.05) is 13.1 Å². The number of carbonyl (C=O) groups excluding carboxylic acids is 4. The van der Waals surface area contributed by atoms with Crippen molar-refractivity contribution in [2.45, 2.75) is 84.5 Å². The number of carboxylic acids is 1. The lowest BCUT2D eigenvalue weighted by Gasteiger charge is -2.23. The minimum absolute atomic E-state index is 0.0516. The van der Waals surface area contributed by atoms with Crippen LogP contribution in [-0.2, 0) is 24.0 Å². The van der Waals surface area contributed by atoms with E-state index in [1.165, 1.54) is 6.92 Å². The SMILES string of the molecule is CC(C)C[C@H](NC(=O)CNC(=O)[C@H](CCCCN)NC(=O)[C@H](C)NC(=O)[C@@H](N)C(C)C)C(=O)O. The first kappa shape index (κ1) is 31.3. The minimum Gasteiger partial charge on any atom is -0.480 e. The highest BCUT2D eigenvalue weighted by atomic mass is 16.4. The van der Waals surface area contributed by atoms with Gasteiger partial charge in [-0.3, -0.25) is 19.2 Å². The Bertz CT molecular complexity index is 699. The molecule has 0 aromatic carbocycles. The molecule has 12 heteroatoms. The third-order valence-corrected chi connectivity index (χ3v) is 5.12. The first-order valence-electron chi connectivity index (χ1n) is 11.7. The lowest BCUT2D eigenvalue weighted by Crippen LogP contribution is -2.56. The van der Waals surface area contributed by atoms with Crippen molar-refractivity contribution in [3.05, 3.63) is 0 Å². The van der Waals surface area contributed by atoms with Gasteiger partial charge in [0.15, 0.2) is 0 Å². The van der Waals surface area contributed by atoms with E-state index in [0.29, 0.717) is 19.4 Å². The molecule has 0 spiro atoms.